The minimum Gasteiger partial charge on any atom is -0.493 e. The molecule has 1 saturated heterocycles. The van der Waals surface area contributed by atoms with Gasteiger partial charge in [0.15, 0.2) is 18.3 Å². The zero-order valence-electron chi connectivity index (χ0n) is 17.7. The van der Waals surface area contributed by atoms with Crippen LogP contribution in [0.1, 0.15) is 45.1 Å². The fourth-order valence-corrected chi connectivity index (χ4v) is 4.74. The highest BCUT2D eigenvalue weighted by atomic mass is 16.7. The molecule has 2 fully saturated rings. The van der Waals surface area contributed by atoms with E-state index in [2.05, 4.69) is 24.1 Å². The molecule has 1 aromatic rings. The summed E-state index contributed by atoms with van der Waals surface area (Å²) in [6.07, 6.45) is 4.17. The lowest BCUT2D eigenvalue weighted by Crippen LogP contribution is -2.48. The number of nitrogens with zero attached hydrogens (tertiary/aromatic N) is 1. The number of hydrogen-bond donors (Lipinski definition) is 0. The second-order valence-electron chi connectivity index (χ2n) is 8.27. The van der Waals surface area contributed by atoms with Gasteiger partial charge >= 0.3 is 5.97 Å². The SMILES string of the molecule is COc1ccc([C@@]23CC[C@H](OCOC(=O)C(C)C)C[C@@H]2N(C)CC3)cc1OC. The molecular formula is C22H33NO5. The smallest absolute Gasteiger partial charge is 0.310 e. The molecule has 1 aliphatic carbocycles. The molecule has 1 aliphatic heterocycles. The van der Waals surface area contributed by atoms with Gasteiger partial charge in [0.1, 0.15) is 0 Å². The average molecular weight is 392 g/mol. The molecular weight excluding hydrogens is 358 g/mol. The molecule has 0 aromatic heterocycles. The summed E-state index contributed by atoms with van der Waals surface area (Å²) in [4.78, 5) is 14.1. The number of esters is 1. The second kappa shape index (κ2) is 8.70. The van der Waals surface area contributed by atoms with E-state index in [4.69, 9.17) is 18.9 Å². The van der Waals surface area contributed by atoms with Crippen molar-refractivity contribution in [2.75, 3.05) is 34.6 Å². The molecule has 0 amide bonds. The molecule has 0 spiro atoms. The molecule has 6 heteroatoms. The van der Waals surface area contributed by atoms with Crippen LogP contribution in [0.25, 0.3) is 0 Å². The van der Waals surface area contributed by atoms with Crippen molar-refractivity contribution in [3.05, 3.63) is 23.8 Å². The standard InChI is InChI=1S/C22H33NO5/c1-15(2)21(24)28-14-27-17-8-9-22(10-11-23(3)20(22)13-17)16-6-7-18(25-4)19(12-16)26-5/h6-7,12,15,17,20H,8-11,13-14H2,1-5H3/t17-,20-,22-/m0/s1. The van der Waals surface area contributed by atoms with Crippen molar-refractivity contribution in [1.29, 1.82) is 0 Å². The number of fused-ring (bicyclic) bond motifs is 1. The minimum absolute atomic E-state index is 0.0431. The van der Waals surface area contributed by atoms with Crippen molar-refractivity contribution in [3.8, 4) is 11.5 Å². The highest BCUT2D eigenvalue weighted by Gasteiger charge is 2.50. The van der Waals surface area contributed by atoms with E-state index in [-0.39, 0.29) is 30.2 Å². The Morgan fingerprint density at radius 1 is 1.21 bits per heavy atom. The predicted octanol–water partition coefficient (Wildman–Crippen LogP) is 3.37. The number of benzene rings is 1. The number of likely N-dealkylation sites (tertiary alicyclic amines) is 1. The maximum Gasteiger partial charge on any atom is 0.310 e. The van der Waals surface area contributed by atoms with Crippen LogP contribution in [0.4, 0.5) is 0 Å². The molecule has 1 saturated carbocycles. The molecule has 6 nitrogen and oxygen atoms in total. The number of carbonyl (C=O) groups is 1. The summed E-state index contributed by atoms with van der Waals surface area (Å²) >= 11 is 0. The summed E-state index contributed by atoms with van der Waals surface area (Å²) in [5, 5.41) is 0. The van der Waals surface area contributed by atoms with Crippen LogP contribution in [0.3, 0.4) is 0 Å². The van der Waals surface area contributed by atoms with E-state index in [0.717, 1.165) is 43.7 Å². The van der Waals surface area contributed by atoms with E-state index in [0.29, 0.717) is 6.04 Å². The van der Waals surface area contributed by atoms with Gasteiger partial charge in [-0.25, -0.2) is 0 Å². The van der Waals surface area contributed by atoms with Gasteiger partial charge in [-0.2, -0.15) is 0 Å². The molecule has 0 N–H and O–H groups in total. The van der Waals surface area contributed by atoms with Crippen LogP contribution in [0, 0.1) is 5.92 Å². The molecule has 28 heavy (non-hydrogen) atoms. The van der Waals surface area contributed by atoms with Gasteiger partial charge in [-0.1, -0.05) is 19.9 Å². The normalized spacial score (nSPS) is 27.5. The van der Waals surface area contributed by atoms with Crippen LogP contribution in [0.15, 0.2) is 18.2 Å². The van der Waals surface area contributed by atoms with Gasteiger partial charge in [0, 0.05) is 11.5 Å². The van der Waals surface area contributed by atoms with Crippen LogP contribution < -0.4 is 9.47 Å². The van der Waals surface area contributed by atoms with Crippen LogP contribution in [0.2, 0.25) is 0 Å². The highest BCUT2D eigenvalue weighted by molar-refractivity contribution is 5.71. The molecule has 0 bridgehead atoms. The Labute approximate surface area is 168 Å². The van der Waals surface area contributed by atoms with Crippen molar-refractivity contribution in [2.45, 2.75) is 57.1 Å². The lowest BCUT2D eigenvalue weighted by Gasteiger charge is -2.44. The molecule has 0 radical (unpaired) electrons. The number of methoxy groups -OCH3 is 2. The van der Waals surface area contributed by atoms with Gasteiger partial charge in [0.2, 0.25) is 0 Å². The van der Waals surface area contributed by atoms with Gasteiger partial charge in [-0.3, -0.25) is 4.79 Å². The minimum atomic E-state index is -0.214. The van der Waals surface area contributed by atoms with Crippen molar-refractivity contribution in [3.63, 3.8) is 0 Å². The molecule has 3 rings (SSSR count). The highest BCUT2D eigenvalue weighted by Crippen LogP contribution is 2.50. The maximum atomic E-state index is 11.6. The van der Waals surface area contributed by atoms with Gasteiger partial charge in [-0.05, 0) is 57.0 Å². The van der Waals surface area contributed by atoms with Crippen LogP contribution in [0.5, 0.6) is 11.5 Å². The lowest BCUT2D eigenvalue weighted by atomic mass is 9.65. The van der Waals surface area contributed by atoms with E-state index in [1.54, 1.807) is 14.2 Å². The van der Waals surface area contributed by atoms with E-state index < -0.39 is 0 Å². The number of carbonyl (C=O) groups excluding carboxylic acids is 1. The maximum absolute atomic E-state index is 11.6. The Kier molecular flexibility index (Phi) is 6.50. The molecule has 0 unspecified atom stereocenters. The number of hydrogen-bond acceptors (Lipinski definition) is 6. The summed E-state index contributed by atoms with van der Waals surface area (Å²) in [6.45, 7) is 4.76. The predicted molar refractivity (Wildman–Crippen MR) is 107 cm³/mol. The summed E-state index contributed by atoms with van der Waals surface area (Å²) in [5.74, 6) is 1.19. The molecule has 2 aliphatic rings. The molecule has 156 valence electrons. The number of likely N-dealkylation sites (N-methyl/N-ethyl adjacent to an activating group) is 1. The third-order valence-corrected chi connectivity index (χ3v) is 6.41. The first kappa shape index (κ1) is 20.9. The monoisotopic (exact) mass is 391 g/mol. The van der Waals surface area contributed by atoms with Crippen LogP contribution in [-0.4, -0.2) is 57.6 Å². The second-order valence-corrected chi connectivity index (χ2v) is 8.27. The Balaban J connectivity index is 1.72. The summed E-state index contributed by atoms with van der Waals surface area (Å²) < 4.78 is 22.1. The Hall–Kier alpha value is -1.79. The zero-order valence-corrected chi connectivity index (χ0v) is 17.7. The fraction of sp³-hybridized carbons (Fsp3) is 0.682. The molecule has 1 aromatic carbocycles. The fourth-order valence-electron chi connectivity index (χ4n) is 4.74. The number of rotatable bonds is 7. The largest absolute Gasteiger partial charge is 0.493 e. The first-order chi connectivity index (χ1) is 13.4. The lowest BCUT2D eigenvalue weighted by molar-refractivity contribution is -0.167. The van der Waals surface area contributed by atoms with E-state index in [9.17, 15) is 4.79 Å². The average Bonchev–Trinajstić information content (AvgIpc) is 3.04. The van der Waals surface area contributed by atoms with E-state index >= 15 is 0 Å². The van der Waals surface area contributed by atoms with Crippen LogP contribution >= 0.6 is 0 Å². The van der Waals surface area contributed by atoms with Gasteiger partial charge < -0.3 is 23.8 Å². The third kappa shape index (κ3) is 3.98. The first-order valence-corrected chi connectivity index (χ1v) is 10.1. The summed E-state index contributed by atoms with van der Waals surface area (Å²) in [6, 6.07) is 6.72. The van der Waals surface area contributed by atoms with E-state index in [1.807, 2.05) is 19.9 Å². The Morgan fingerprint density at radius 3 is 2.64 bits per heavy atom. The summed E-state index contributed by atoms with van der Waals surface area (Å²) in [5.41, 5.74) is 1.41. The molecule has 1 heterocycles. The summed E-state index contributed by atoms with van der Waals surface area (Å²) in [7, 11) is 5.53. The zero-order chi connectivity index (χ0) is 20.3. The van der Waals surface area contributed by atoms with E-state index in [1.165, 1.54) is 5.56 Å². The van der Waals surface area contributed by atoms with Crippen molar-refractivity contribution in [1.82, 2.24) is 4.90 Å². The Morgan fingerprint density at radius 2 is 1.96 bits per heavy atom. The quantitative estimate of drug-likeness (QED) is 0.525. The third-order valence-electron chi connectivity index (χ3n) is 6.41. The topological polar surface area (TPSA) is 57.2 Å². The van der Waals surface area contributed by atoms with Gasteiger partial charge in [0.05, 0.1) is 26.2 Å². The van der Waals surface area contributed by atoms with Crippen molar-refractivity contribution in [2.24, 2.45) is 5.92 Å². The van der Waals surface area contributed by atoms with Gasteiger partial charge in [-0.15, -0.1) is 0 Å². The van der Waals surface area contributed by atoms with Gasteiger partial charge in [0.25, 0.3) is 0 Å². The number of ether oxygens (including phenoxy) is 4. The van der Waals surface area contributed by atoms with Crippen LogP contribution in [-0.2, 0) is 19.7 Å². The Bertz CT molecular complexity index is 692. The first-order valence-electron chi connectivity index (χ1n) is 10.1. The van der Waals surface area contributed by atoms with Crippen molar-refractivity contribution >= 4 is 5.97 Å². The molecule has 3 atom stereocenters. The van der Waals surface area contributed by atoms with Crippen molar-refractivity contribution < 1.29 is 23.7 Å².